The highest BCUT2D eigenvalue weighted by Crippen LogP contribution is 2.17. The van der Waals surface area contributed by atoms with E-state index in [1.807, 2.05) is 6.92 Å². The molecule has 0 nitrogen and oxygen atoms in total. The van der Waals surface area contributed by atoms with Gasteiger partial charge in [-0.2, -0.15) is 0 Å². The zero-order valence-corrected chi connectivity index (χ0v) is 7.32. The fourth-order valence-corrected chi connectivity index (χ4v) is 1.25. The molecule has 1 aromatic carbocycles. The smallest absolute Gasteiger partial charge is 0.162 e. The molecule has 0 amide bonds. The first-order chi connectivity index (χ1) is 5.66. The van der Waals surface area contributed by atoms with Crippen molar-refractivity contribution in [1.82, 2.24) is 0 Å². The van der Waals surface area contributed by atoms with Crippen LogP contribution < -0.4 is 0 Å². The van der Waals surface area contributed by atoms with E-state index in [9.17, 15) is 8.78 Å². The van der Waals surface area contributed by atoms with Gasteiger partial charge in [0.05, 0.1) is 0 Å². The average molecular weight is 170 g/mol. The van der Waals surface area contributed by atoms with Gasteiger partial charge in [-0.05, 0) is 30.5 Å². The molecule has 0 aromatic heterocycles. The molecule has 0 saturated heterocycles. The maximum absolute atomic E-state index is 13.1. The summed E-state index contributed by atoms with van der Waals surface area (Å²) in [5, 5.41) is 0. The van der Waals surface area contributed by atoms with Crippen LogP contribution in [0, 0.1) is 18.6 Å². The summed E-state index contributed by atoms with van der Waals surface area (Å²) in [6, 6.07) is 2.78. The molecule has 0 saturated carbocycles. The predicted octanol–water partition coefficient (Wildman–Crippen LogP) is 3.23. The fourth-order valence-electron chi connectivity index (χ4n) is 1.25. The number of hydrogen-bond donors (Lipinski definition) is 0. The fraction of sp³-hybridized carbons (Fsp3) is 0.400. The lowest BCUT2D eigenvalue weighted by Gasteiger charge is -2.05. The molecule has 0 spiro atoms. The first-order valence-electron chi connectivity index (χ1n) is 4.10. The van der Waals surface area contributed by atoms with Crippen molar-refractivity contribution >= 4 is 0 Å². The Hall–Kier alpha value is -0.920. The quantitative estimate of drug-likeness (QED) is 0.639. The van der Waals surface area contributed by atoms with Gasteiger partial charge in [0.25, 0.3) is 0 Å². The van der Waals surface area contributed by atoms with E-state index in [2.05, 4.69) is 0 Å². The van der Waals surface area contributed by atoms with Crippen LogP contribution >= 0.6 is 0 Å². The lowest BCUT2D eigenvalue weighted by molar-refractivity contribution is 0.496. The molecule has 1 aromatic rings. The first-order valence-corrected chi connectivity index (χ1v) is 4.10. The third kappa shape index (κ3) is 1.63. The Morgan fingerprint density at radius 3 is 2.50 bits per heavy atom. The topological polar surface area (TPSA) is 0 Å². The van der Waals surface area contributed by atoms with Crippen LogP contribution in [0.15, 0.2) is 12.1 Å². The predicted molar refractivity (Wildman–Crippen MR) is 45.1 cm³/mol. The molecule has 1 rings (SSSR count). The van der Waals surface area contributed by atoms with E-state index in [0.717, 1.165) is 12.0 Å². The van der Waals surface area contributed by atoms with Gasteiger partial charge in [-0.25, -0.2) is 8.78 Å². The highest BCUT2D eigenvalue weighted by atomic mass is 19.2. The summed E-state index contributed by atoms with van der Waals surface area (Å²) in [4.78, 5) is 0. The lowest BCUT2D eigenvalue weighted by atomic mass is 10.0. The molecule has 2 heteroatoms. The number of rotatable bonds is 2. The molecule has 0 radical (unpaired) electrons. The second-order valence-electron chi connectivity index (χ2n) is 2.91. The highest BCUT2D eigenvalue weighted by Gasteiger charge is 2.09. The van der Waals surface area contributed by atoms with Crippen molar-refractivity contribution in [2.45, 2.75) is 26.7 Å². The van der Waals surface area contributed by atoms with E-state index in [0.29, 0.717) is 12.0 Å². The molecule has 0 N–H and O–H groups in total. The van der Waals surface area contributed by atoms with Crippen molar-refractivity contribution in [1.29, 1.82) is 0 Å². The van der Waals surface area contributed by atoms with Crippen molar-refractivity contribution in [3.63, 3.8) is 0 Å². The van der Waals surface area contributed by atoms with Crippen LogP contribution in [0.4, 0.5) is 8.78 Å². The molecule has 0 atom stereocenters. The van der Waals surface area contributed by atoms with Gasteiger partial charge in [-0.1, -0.05) is 19.4 Å². The summed E-state index contributed by atoms with van der Waals surface area (Å²) < 4.78 is 25.8. The second kappa shape index (κ2) is 3.65. The van der Waals surface area contributed by atoms with Crippen molar-refractivity contribution in [2.24, 2.45) is 0 Å². The van der Waals surface area contributed by atoms with E-state index in [4.69, 9.17) is 0 Å². The monoisotopic (exact) mass is 170 g/mol. The van der Waals surface area contributed by atoms with E-state index in [1.165, 1.54) is 6.07 Å². The maximum atomic E-state index is 13.1. The van der Waals surface area contributed by atoms with Crippen molar-refractivity contribution < 1.29 is 8.78 Å². The molecule has 66 valence electrons. The second-order valence-corrected chi connectivity index (χ2v) is 2.91. The number of benzene rings is 1. The molecule has 0 bridgehead atoms. The molecule has 0 aliphatic heterocycles. The molecular formula is C10H12F2. The van der Waals surface area contributed by atoms with Gasteiger partial charge < -0.3 is 0 Å². The van der Waals surface area contributed by atoms with Gasteiger partial charge in [0.2, 0.25) is 0 Å². The third-order valence-corrected chi connectivity index (χ3v) is 1.93. The normalized spacial score (nSPS) is 10.3. The van der Waals surface area contributed by atoms with Gasteiger partial charge >= 0.3 is 0 Å². The van der Waals surface area contributed by atoms with Gasteiger partial charge in [0.15, 0.2) is 11.6 Å². The SMILES string of the molecule is CCCc1c(C)ccc(F)c1F. The van der Waals surface area contributed by atoms with Crippen LogP contribution in [0.5, 0.6) is 0 Å². The van der Waals surface area contributed by atoms with E-state index < -0.39 is 11.6 Å². The summed E-state index contributed by atoms with van der Waals surface area (Å²) in [7, 11) is 0. The van der Waals surface area contributed by atoms with Crippen LogP contribution in [0.1, 0.15) is 24.5 Å². The zero-order chi connectivity index (χ0) is 9.14. The summed E-state index contributed by atoms with van der Waals surface area (Å²) in [6.07, 6.45) is 1.44. The Kier molecular flexibility index (Phi) is 2.79. The molecule has 0 heterocycles. The Balaban J connectivity index is 3.14. The summed E-state index contributed by atoms with van der Waals surface area (Å²) in [5.74, 6) is -1.43. The van der Waals surface area contributed by atoms with Crippen molar-refractivity contribution in [2.75, 3.05) is 0 Å². The summed E-state index contributed by atoms with van der Waals surface area (Å²) >= 11 is 0. The Morgan fingerprint density at radius 2 is 1.92 bits per heavy atom. The van der Waals surface area contributed by atoms with Gasteiger partial charge in [0.1, 0.15) is 0 Å². The third-order valence-electron chi connectivity index (χ3n) is 1.93. The zero-order valence-electron chi connectivity index (χ0n) is 7.32. The van der Waals surface area contributed by atoms with E-state index >= 15 is 0 Å². The molecule has 12 heavy (non-hydrogen) atoms. The number of halogens is 2. The van der Waals surface area contributed by atoms with Crippen LogP contribution in [-0.4, -0.2) is 0 Å². The van der Waals surface area contributed by atoms with Crippen LogP contribution in [0.25, 0.3) is 0 Å². The highest BCUT2D eigenvalue weighted by molar-refractivity contribution is 5.28. The maximum Gasteiger partial charge on any atom is 0.162 e. The molecular weight excluding hydrogens is 158 g/mol. The largest absolute Gasteiger partial charge is 0.204 e. The van der Waals surface area contributed by atoms with E-state index in [1.54, 1.807) is 13.0 Å². The van der Waals surface area contributed by atoms with Crippen molar-refractivity contribution in [3.8, 4) is 0 Å². The standard InChI is InChI=1S/C10H12F2/c1-3-4-8-7(2)5-6-9(11)10(8)12/h5-6H,3-4H2,1-2H3. The van der Waals surface area contributed by atoms with Gasteiger partial charge in [-0.3, -0.25) is 0 Å². The molecule has 0 aliphatic carbocycles. The minimum atomic E-state index is -0.746. The Bertz CT molecular complexity index is 279. The molecule has 0 aliphatic rings. The summed E-state index contributed by atoms with van der Waals surface area (Å²) in [5.41, 5.74) is 1.34. The van der Waals surface area contributed by atoms with Crippen LogP contribution in [0.2, 0.25) is 0 Å². The van der Waals surface area contributed by atoms with Crippen molar-refractivity contribution in [3.05, 3.63) is 34.9 Å². The van der Waals surface area contributed by atoms with Gasteiger partial charge in [-0.15, -0.1) is 0 Å². The lowest BCUT2D eigenvalue weighted by Crippen LogP contribution is -1.97. The Morgan fingerprint density at radius 1 is 1.25 bits per heavy atom. The Labute approximate surface area is 71.2 Å². The van der Waals surface area contributed by atoms with Crippen LogP contribution in [-0.2, 0) is 6.42 Å². The average Bonchev–Trinajstić information content (AvgIpc) is 2.06. The first kappa shape index (κ1) is 9.17. The summed E-state index contributed by atoms with van der Waals surface area (Å²) in [6.45, 7) is 3.75. The minimum Gasteiger partial charge on any atom is -0.204 e. The van der Waals surface area contributed by atoms with Crippen LogP contribution in [0.3, 0.4) is 0 Å². The molecule has 0 fully saturated rings. The van der Waals surface area contributed by atoms with Gasteiger partial charge in [0, 0.05) is 0 Å². The number of aryl methyl sites for hydroxylation is 1. The number of hydrogen-bond acceptors (Lipinski definition) is 0. The molecule has 0 unspecified atom stereocenters. The minimum absolute atomic E-state index is 0.512. The van der Waals surface area contributed by atoms with E-state index in [-0.39, 0.29) is 0 Å².